The maximum Gasteiger partial charge on any atom is 0.416 e. The summed E-state index contributed by atoms with van der Waals surface area (Å²) < 4.78 is 45.3. The predicted molar refractivity (Wildman–Crippen MR) is 78.1 cm³/mol. The van der Waals surface area contributed by atoms with Gasteiger partial charge in [0.05, 0.1) is 11.7 Å². The van der Waals surface area contributed by atoms with E-state index in [1.165, 1.54) is 12.1 Å². The summed E-state index contributed by atoms with van der Waals surface area (Å²) in [5.74, 6) is 0. The fourth-order valence-corrected chi connectivity index (χ4v) is 5.43. The first-order valence-electron chi connectivity index (χ1n) is 7.13. The molecule has 0 aromatic heterocycles. The topological polar surface area (TPSA) is 9.23 Å². The Labute approximate surface area is 120 Å². The predicted octanol–water partition coefficient (Wildman–Crippen LogP) is 5.79. The van der Waals surface area contributed by atoms with E-state index in [9.17, 15) is 13.2 Å². The molecule has 0 N–H and O–H groups in total. The standard InChI is InChI=1S/C15H23F3OSi/c1-5-20(6-2,7-3)19-12(4)13-10-8-9-11-14(13)15(16,17)18/h8-12H,5-7H2,1-4H3. The lowest BCUT2D eigenvalue weighted by atomic mass is 10.0. The smallest absolute Gasteiger partial charge is 0.410 e. The monoisotopic (exact) mass is 304 g/mol. The lowest BCUT2D eigenvalue weighted by Gasteiger charge is -2.32. The third kappa shape index (κ3) is 3.85. The van der Waals surface area contributed by atoms with Crippen LogP contribution >= 0.6 is 0 Å². The first-order valence-corrected chi connectivity index (χ1v) is 9.66. The Bertz CT molecular complexity index is 419. The van der Waals surface area contributed by atoms with Gasteiger partial charge in [0.25, 0.3) is 0 Å². The highest BCUT2D eigenvalue weighted by Gasteiger charge is 2.37. The average molecular weight is 304 g/mol. The molecular weight excluding hydrogens is 281 g/mol. The van der Waals surface area contributed by atoms with Crippen LogP contribution in [0.15, 0.2) is 24.3 Å². The second-order valence-corrected chi connectivity index (χ2v) is 9.81. The molecule has 1 rings (SSSR count). The molecule has 20 heavy (non-hydrogen) atoms. The van der Waals surface area contributed by atoms with Gasteiger partial charge in [0.2, 0.25) is 0 Å². The number of benzene rings is 1. The Morgan fingerprint density at radius 1 is 1.05 bits per heavy atom. The minimum atomic E-state index is -4.33. The maximum atomic E-state index is 13.0. The van der Waals surface area contributed by atoms with Gasteiger partial charge in [0.15, 0.2) is 8.32 Å². The van der Waals surface area contributed by atoms with Crippen LogP contribution < -0.4 is 0 Å². The average Bonchev–Trinajstić information content (AvgIpc) is 2.44. The van der Waals surface area contributed by atoms with E-state index < -0.39 is 26.2 Å². The van der Waals surface area contributed by atoms with E-state index in [0.717, 1.165) is 24.2 Å². The number of hydrogen-bond donors (Lipinski definition) is 0. The molecular formula is C15H23F3OSi. The Balaban J connectivity index is 3.07. The van der Waals surface area contributed by atoms with Gasteiger partial charge in [-0.25, -0.2) is 0 Å². The van der Waals surface area contributed by atoms with Gasteiger partial charge in [-0.2, -0.15) is 13.2 Å². The molecule has 5 heteroatoms. The van der Waals surface area contributed by atoms with Crippen LogP contribution in [-0.2, 0) is 10.6 Å². The quantitative estimate of drug-likeness (QED) is 0.605. The zero-order valence-corrected chi connectivity index (χ0v) is 13.6. The number of halogens is 3. The number of rotatable bonds is 6. The van der Waals surface area contributed by atoms with Gasteiger partial charge < -0.3 is 4.43 Å². The Morgan fingerprint density at radius 2 is 1.55 bits per heavy atom. The van der Waals surface area contributed by atoms with Gasteiger partial charge in [0.1, 0.15) is 0 Å². The summed E-state index contributed by atoms with van der Waals surface area (Å²) in [5, 5.41) is 0. The van der Waals surface area contributed by atoms with Gasteiger partial charge in [-0.15, -0.1) is 0 Å². The normalized spacial score (nSPS) is 14.3. The molecule has 1 nitrogen and oxygen atoms in total. The molecule has 0 bridgehead atoms. The zero-order chi connectivity index (χ0) is 15.4. The van der Waals surface area contributed by atoms with Gasteiger partial charge in [-0.3, -0.25) is 0 Å². The van der Waals surface area contributed by atoms with E-state index in [1.807, 2.05) is 0 Å². The van der Waals surface area contributed by atoms with Crippen LogP contribution in [0, 0.1) is 0 Å². The lowest BCUT2D eigenvalue weighted by Crippen LogP contribution is -2.37. The molecule has 0 aliphatic carbocycles. The van der Waals surface area contributed by atoms with Crippen molar-refractivity contribution in [2.24, 2.45) is 0 Å². The van der Waals surface area contributed by atoms with E-state index in [1.54, 1.807) is 13.0 Å². The molecule has 1 aromatic carbocycles. The highest BCUT2D eigenvalue weighted by molar-refractivity contribution is 6.73. The minimum absolute atomic E-state index is 0.243. The van der Waals surface area contributed by atoms with Crippen molar-refractivity contribution in [3.63, 3.8) is 0 Å². The Kier molecular flexibility index (Phi) is 5.83. The molecule has 1 unspecified atom stereocenters. The van der Waals surface area contributed by atoms with Gasteiger partial charge in [-0.1, -0.05) is 39.0 Å². The highest BCUT2D eigenvalue weighted by Crippen LogP contribution is 2.37. The zero-order valence-electron chi connectivity index (χ0n) is 12.6. The molecule has 0 aliphatic heterocycles. The first-order chi connectivity index (χ1) is 9.29. The molecule has 0 saturated carbocycles. The van der Waals surface area contributed by atoms with Crippen molar-refractivity contribution in [2.45, 2.75) is 58.1 Å². The van der Waals surface area contributed by atoms with Gasteiger partial charge in [0, 0.05) is 0 Å². The van der Waals surface area contributed by atoms with E-state index in [-0.39, 0.29) is 5.56 Å². The van der Waals surface area contributed by atoms with E-state index >= 15 is 0 Å². The molecule has 0 saturated heterocycles. The van der Waals surface area contributed by atoms with E-state index in [4.69, 9.17) is 4.43 Å². The molecule has 0 spiro atoms. The highest BCUT2D eigenvalue weighted by atomic mass is 28.4. The summed E-state index contributed by atoms with van der Waals surface area (Å²) in [6, 6.07) is 8.49. The molecule has 0 amide bonds. The van der Waals surface area contributed by atoms with Crippen LogP contribution in [0.1, 0.15) is 44.9 Å². The Morgan fingerprint density at radius 3 is 2.00 bits per heavy atom. The van der Waals surface area contributed by atoms with Crippen molar-refractivity contribution in [3.05, 3.63) is 35.4 Å². The van der Waals surface area contributed by atoms with Crippen molar-refractivity contribution in [3.8, 4) is 0 Å². The second kappa shape index (κ2) is 6.76. The van der Waals surface area contributed by atoms with Crippen molar-refractivity contribution in [1.82, 2.24) is 0 Å². The number of hydrogen-bond acceptors (Lipinski definition) is 1. The number of alkyl halides is 3. The van der Waals surface area contributed by atoms with Gasteiger partial charge >= 0.3 is 6.18 Å². The van der Waals surface area contributed by atoms with Crippen LogP contribution in [0.3, 0.4) is 0 Å². The summed E-state index contributed by atoms with van der Waals surface area (Å²) in [4.78, 5) is 0. The summed E-state index contributed by atoms with van der Waals surface area (Å²) >= 11 is 0. The molecule has 114 valence electrons. The molecule has 0 radical (unpaired) electrons. The molecule has 1 atom stereocenters. The minimum Gasteiger partial charge on any atom is -0.410 e. The second-order valence-electron chi connectivity index (χ2n) is 5.09. The van der Waals surface area contributed by atoms with Gasteiger partial charge in [-0.05, 0) is 36.7 Å². The summed E-state index contributed by atoms with van der Waals surface area (Å²) in [6.07, 6.45) is -4.84. The summed E-state index contributed by atoms with van der Waals surface area (Å²) in [7, 11) is -1.91. The molecule has 1 aromatic rings. The van der Waals surface area contributed by atoms with Crippen molar-refractivity contribution in [2.75, 3.05) is 0 Å². The summed E-state index contributed by atoms with van der Waals surface area (Å²) in [6.45, 7) is 7.94. The van der Waals surface area contributed by atoms with Crippen molar-refractivity contribution >= 4 is 8.32 Å². The third-order valence-electron chi connectivity index (χ3n) is 4.06. The van der Waals surface area contributed by atoms with Crippen LogP contribution in [0.2, 0.25) is 18.1 Å². The van der Waals surface area contributed by atoms with Crippen molar-refractivity contribution in [1.29, 1.82) is 0 Å². The third-order valence-corrected chi connectivity index (χ3v) is 8.78. The summed E-state index contributed by atoms with van der Waals surface area (Å²) in [5.41, 5.74) is -0.342. The van der Waals surface area contributed by atoms with Crippen LogP contribution in [-0.4, -0.2) is 8.32 Å². The maximum absolute atomic E-state index is 13.0. The van der Waals surface area contributed by atoms with Crippen LogP contribution in [0.4, 0.5) is 13.2 Å². The van der Waals surface area contributed by atoms with Crippen molar-refractivity contribution < 1.29 is 17.6 Å². The van der Waals surface area contributed by atoms with Crippen LogP contribution in [0.25, 0.3) is 0 Å². The molecule has 0 fully saturated rings. The van der Waals surface area contributed by atoms with Crippen LogP contribution in [0.5, 0.6) is 0 Å². The Hall–Kier alpha value is -0.813. The first kappa shape index (κ1) is 17.2. The largest absolute Gasteiger partial charge is 0.416 e. The fraction of sp³-hybridized carbons (Fsp3) is 0.600. The SMILES string of the molecule is CC[Si](CC)(CC)OC(C)c1ccccc1C(F)(F)F. The molecule has 0 heterocycles. The van der Waals surface area contributed by atoms with E-state index in [2.05, 4.69) is 20.8 Å². The van der Waals surface area contributed by atoms with E-state index in [0.29, 0.717) is 0 Å². The fourth-order valence-electron chi connectivity index (χ4n) is 2.55. The molecule has 0 aliphatic rings. The lowest BCUT2D eigenvalue weighted by molar-refractivity contribution is -0.139.